The Labute approximate surface area is 160 Å². The number of carbonyl (C=O) groups excluding carboxylic acids is 3. The second kappa shape index (κ2) is 9.53. The molecule has 0 spiro atoms. The van der Waals surface area contributed by atoms with Gasteiger partial charge in [-0.3, -0.25) is 9.59 Å². The summed E-state index contributed by atoms with van der Waals surface area (Å²) in [5.41, 5.74) is 0.744. The summed E-state index contributed by atoms with van der Waals surface area (Å²) in [7, 11) is 0. The molecule has 1 aromatic carbocycles. The van der Waals surface area contributed by atoms with Crippen molar-refractivity contribution in [3.63, 3.8) is 0 Å². The molecule has 6 heteroatoms. The van der Waals surface area contributed by atoms with Crippen LogP contribution in [0.15, 0.2) is 30.3 Å². The molecule has 3 amide bonds. The molecule has 2 aliphatic rings. The van der Waals surface area contributed by atoms with Crippen LogP contribution in [0.25, 0.3) is 0 Å². The summed E-state index contributed by atoms with van der Waals surface area (Å²) in [6.45, 7) is 1.49. The van der Waals surface area contributed by atoms with E-state index in [0.717, 1.165) is 18.4 Å². The fourth-order valence-electron chi connectivity index (χ4n) is 3.95. The molecular weight excluding hydrogens is 342 g/mol. The van der Waals surface area contributed by atoms with Crippen LogP contribution in [0.5, 0.6) is 0 Å². The number of urea groups is 1. The second-order valence-corrected chi connectivity index (χ2v) is 7.52. The largest absolute Gasteiger partial charge is 0.353 e. The fraction of sp³-hybridized carbons (Fsp3) is 0.571. The number of piperidine rings is 1. The van der Waals surface area contributed by atoms with Crippen molar-refractivity contribution in [2.45, 2.75) is 51.0 Å². The highest BCUT2D eigenvalue weighted by molar-refractivity contribution is 5.98. The van der Waals surface area contributed by atoms with E-state index in [4.69, 9.17) is 0 Å². The lowest BCUT2D eigenvalue weighted by Gasteiger charge is -2.31. The zero-order valence-corrected chi connectivity index (χ0v) is 15.8. The summed E-state index contributed by atoms with van der Waals surface area (Å²) in [5, 5.41) is 5.85. The number of rotatable bonds is 6. The molecule has 1 saturated heterocycles. The summed E-state index contributed by atoms with van der Waals surface area (Å²) < 4.78 is 0. The minimum atomic E-state index is -0.144. The van der Waals surface area contributed by atoms with E-state index >= 15 is 0 Å². The van der Waals surface area contributed by atoms with Crippen molar-refractivity contribution >= 4 is 17.7 Å². The Morgan fingerprint density at radius 3 is 2.30 bits per heavy atom. The Balaban J connectivity index is 1.34. The molecule has 0 atom stereocenters. The van der Waals surface area contributed by atoms with Crippen LogP contribution in [0.4, 0.5) is 4.79 Å². The highest BCUT2D eigenvalue weighted by Crippen LogP contribution is 2.22. The molecule has 0 radical (unpaired) electrons. The van der Waals surface area contributed by atoms with E-state index < -0.39 is 0 Å². The van der Waals surface area contributed by atoms with Crippen LogP contribution >= 0.6 is 0 Å². The molecule has 27 heavy (non-hydrogen) atoms. The SMILES string of the molecule is O=C(CCNC(=O)N1CCC(C(=O)c2ccccc2)CC1)NC1CCCC1. The predicted molar refractivity (Wildman–Crippen MR) is 103 cm³/mol. The van der Waals surface area contributed by atoms with E-state index in [9.17, 15) is 14.4 Å². The number of likely N-dealkylation sites (tertiary alicyclic amines) is 1. The first kappa shape index (κ1) is 19.4. The van der Waals surface area contributed by atoms with Crippen LogP contribution < -0.4 is 10.6 Å². The lowest BCUT2D eigenvalue weighted by atomic mass is 9.89. The Morgan fingerprint density at radius 1 is 0.963 bits per heavy atom. The van der Waals surface area contributed by atoms with Gasteiger partial charge in [-0.1, -0.05) is 43.2 Å². The molecule has 3 rings (SSSR count). The Morgan fingerprint density at radius 2 is 1.63 bits per heavy atom. The molecule has 1 aromatic rings. The van der Waals surface area contributed by atoms with Crippen molar-refractivity contribution in [1.82, 2.24) is 15.5 Å². The number of hydrogen-bond donors (Lipinski definition) is 2. The fourth-order valence-corrected chi connectivity index (χ4v) is 3.95. The van der Waals surface area contributed by atoms with Crippen molar-refractivity contribution in [3.8, 4) is 0 Å². The lowest BCUT2D eigenvalue weighted by Crippen LogP contribution is -2.46. The smallest absolute Gasteiger partial charge is 0.317 e. The molecule has 146 valence electrons. The normalized spacial score (nSPS) is 18.3. The summed E-state index contributed by atoms with van der Waals surface area (Å²) in [5.74, 6) is 0.155. The second-order valence-electron chi connectivity index (χ2n) is 7.52. The van der Waals surface area contributed by atoms with Gasteiger partial charge < -0.3 is 15.5 Å². The van der Waals surface area contributed by atoms with Gasteiger partial charge in [0.1, 0.15) is 0 Å². The van der Waals surface area contributed by atoms with E-state index in [0.29, 0.717) is 44.9 Å². The van der Waals surface area contributed by atoms with Crippen LogP contribution in [0.1, 0.15) is 55.3 Å². The van der Waals surface area contributed by atoms with E-state index in [-0.39, 0.29) is 23.6 Å². The van der Waals surface area contributed by atoms with E-state index in [2.05, 4.69) is 10.6 Å². The molecule has 1 aliphatic heterocycles. The summed E-state index contributed by atoms with van der Waals surface area (Å²) in [6, 6.07) is 9.51. The first-order valence-corrected chi connectivity index (χ1v) is 10.0. The molecule has 1 heterocycles. The van der Waals surface area contributed by atoms with E-state index in [1.807, 2.05) is 30.3 Å². The van der Waals surface area contributed by atoms with Gasteiger partial charge in [-0.25, -0.2) is 4.79 Å². The first-order valence-electron chi connectivity index (χ1n) is 10.0. The maximum absolute atomic E-state index is 12.5. The monoisotopic (exact) mass is 371 g/mol. The maximum atomic E-state index is 12.5. The molecule has 1 aliphatic carbocycles. The third-order valence-corrected chi connectivity index (χ3v) is 5.56. The third kappa shape index (κ3) is 5.55. The predicted octanol–water partition coefficient (Wildman–Crippen LogP) is 2.74. The highest BCUT2D eigenvalue weighted by atomic mass is 16.2. The van der Waals surface area contributed by atoms with Crippen LogP contribution in [0, 0.1) is 5.92 Å². The highest BCUT2D eigenvalue weighted by Gasteiger charge is 2.27. The Hall–Kier alpha value is -2.37. The number of nitrogens with one attached hydrogen (secondary N) is 2. The minimum Gasteiger partial charge on any atom is -0.353 e. The van der Waals surface area contributed by atoms with Gasteiger partial charge in [0.15, 0.2) is 5.78 Å². The van der Waals surface area contributed by atoms with Crippen molar-refractivity contribution in [1.29, 1.82) is 0 Å². The van der Waals surface area contributed by atoms with Gasteiger partial charge in [0.05, 0.1) is 0 Å². The molecule has 1 saturated carbocycles. The van der Waals surface area contributed by atoms with Gasteiger partial charge in [0, 0.05) is 43.6 Å². The molecule has 2 fully saturated rings. The van der Waals surface area contributed by atoms with Gasteiger partial charge in [0.2, 0.25) is 5.91 Å². The Bertz CT molecular complexity index is 648. The number of carbonyl (C=O) groups is 3. The zero-order valence-electron chi connectivity index (χ0n) is 15.8. The third-order valence-electron chi connectivity index (χ3n) is 5.56. The number of hydrogen-bond acceptors (Lipinski definition) is 3. The Kier molecular flexibility index (Phi) is 6.85. The van der Waals surface area contributed by atoms with Crippen LogP contribution in [-0.4, -0.2) is 48.3 Å². The molecule has 0 bridgehead atoms. The lowest BCUT2D eigenvalue weighted by molar-refractivity contribution is -0.121. The number of Topliss-reactive ketones (excluding diaryl/α,β-unsaturated/α-hetero) is 1. The van der Waals surface area contributed by atoms with E-state index in [1.54, 1.807) is 4.90 Å². The average Bonchev–Trinajstić information content (AvgIpc) is 3.21. The number of nitrogens with zero attached hydrogens (tertiary/aromatic N) is 1. The van der Waals surface area contributed by atoms with Crippen molar-refractivity contribution in [2.24, 2.45) is 5.92 Å². The number of benzene rings is 1. The zero-order chi connectivity index (χ0) is 19.1. The van der Waals surface area contributed by atoms with Gasteiger partial charge >= 0.3 is 6.03 Å². The van der Waals surface area contributed by atoms with Gasteiger partial charge in [-0.2, -0.15) is 0 Å². The quantitative estimate of drug-likeness (QED) is 0.755. The minimum absolute atomic E-state index is 0.00867. The maximum Gasteiger partial charge on any atom is 0.317 e. The molecule has 2 N–H and O–H groups in total. The standard InChI is InChI=1S/C21H29N3O3/c25-19(23-18-8-4-5-9-18)10-13-22-21(27)24-14-11-17(12-15-24)20(26)16-6-2-1-3-7-16/h1-3,6-7,17-18H,4-5,8-15H2,(H,22,27)(H,23,25). The number of ketones is 1. The average molecular weight is 371 g/mol. The molecular formula is C21H29N3O3. The summed E-state index contributed by atoms with van der Waals surface area (Å²) in [4.78, 5) is 38.4. The first-order chi connectivity index (χ1) is 13.1. The van der Waals surface area contributed by atoms with Gasteiger partial charge in [0.25, 0.3) is 0 Å². The van der Waals surface area contributed by atoms with Gasteiger partial charge in [-0.15, -0.1) is 0 Å². The van der Waals surface area contributed by atoms with Crippen LogP contribution in [0.3, 0.4) is 0 Å². The van der Waals surface area contributed by atoms with Gasteiger partial charge in [-0.05, 0) is 25.7 Å². The van der Waals surface area contributed by atoms with Crippen molar-refractivity contribution < 1.29 is 14.4 Å². The summed E-state index contributed by atoms with van der Waals surface area (Å²) >= 11 is 0. The molecule has 0 aromatic heterocycles. The van der Waals surface area contributed by atoms with E-state index in [1.165, 1.54) is 12.8 Å². The molecule has 0 unspecified atom stereocenters. The van der Waals surface area contributed by atoms with Crippen molar-refractivity contribution in [2.75, 3.05) is 19.6 Å². The van der Waals surface area contributed by atoms with Crippen LogP contribution in [0.2, 0.25) is 0 Å². The molecule has 6 nitrogen and oxygen atoms in total. The topological polar surface area (TPSA) is 78.5 Å². The number of amides is 3. The van der Waals surface area contributed by atoms with Crippen molar-refractivity contribution in [3.05, 3.63) is 35.9 Å². The summed E-state index contributed by atoms with van der Waals surface area (Å²) in [6.07, 6.45) is 6.18. The van der Waals surface area contributed by atoms with Crippen LogP contribution in [-0.2, 0) is 4.79 Å².